The van der Waals surface area contributed by atoms with Crippen LogP contribution in [0.25, 0.3) is 0 Å². The second-order valence-corrected chi connectivity index (χ2v) is 5.73. The summed E-state index contributed by atoms with van der Waals surface area (Å²) in [6.07, 6.45) is 7.14. The Morgan fingerprint density at radius 1 is 1.40 bits per heavy atom. The molecule has 110 valence electrons. The molecular formula is C15H22FN3O. The summed E-state index contributed by atoms with van der Waals surface area (Å²) in [5.41, 5.74) is 0.349. The van der Waals surface area contributed by atoms with Gasteiger partial charge in [0.2, 0.25) is 5.95 Å². The average molecular weight is 279 g/mol. The number of nitrogens with one attached hydrogen (secondary N) is 1. The molecule has 4 nitrogen and oxygen atoms in total. The fraction of sp³-hybridized carbons (Fsp3) is 0.600. The SMILES string of the molecule is CN(C)C1(CNC(=O)c2ccnc(F)c2)CCCCC1. The molecule has 0 aromatic carbocycles. The first-order valence-corrected chi connectivity index (χ1v) is 7.11. The van der Waals surface area contributed by atoms with Gasteiger partial charge in [0.25, 0.3) is 5.91 Å². The number of aromatic nitrogens is 1. The Hall–Kier alpha value is -1.49. The molecular weight excluding hydrogens is 257 g/mol. The van der Waals surface area contributed by atoms with E-state index in [0.717, 1.165) is 12.8 Å². The third-order valence-electron chi connectivity index (χ3n) is 4.30. The highest BCUT2D eigenvalue weighted by molar-refractivity contribution is 5.94. The Balaban J connectivity index is 2.00. The number of nitrogens with zero attached hydrogens (tertiary/aromatic N) is 2. The molecule has 1 saturated carbocycles. The predicted molar refractivity (Wildman–Crippen MR) is 76.0 cm³/mol. The second-order valence-electron chi connectivity index (χ2n) is 5.73. The van der Waals surface area contributed by atoms with E-state index in [-0.39, 0.29) is 11.4 Å². The number of rotatable bonds is 4. The van der Waals surface area contributed by atoms with Crippen molar-refractivity contribution in [1.29, 1.82) is 0 Å². The molecule has 1 aliphatic rings. The van der Waals surface area contributed by atoms with Crippen molar-refractivity contribution in [3.8, 4) is 0 Å². The first kappa shape index (κ1) is 14.9. The van der Waals surface area contributed by atoms with Gasteiger partial charge in [-0.25, -0.2) is 4.98 Å². The van der Waals surface area contributed by atoms with E-state index in [4.69, 9.17) is 0 Å². The van der Waals surface area contributed by atoms with Crippen molar-refractivity contribution >= 4 is 5.91 Å². The van der Waals surface area contributed by atoms with E-state index in [1.54, 1.807) is 0 Å². The maximum absolute atomic E-state index is 13.0. The lowest BCUT2D eigenvalue weighted by molar-refractivity contribution is 0.0799. The van der Waals surface area contributed by atoms with Crippen molar-refractivity contribution in [1.82, 2.24) is 15.2 Å². The lowest BCUT2D eigenvalue weighted by Gasteiger charge is -2.43. The van der Waals surface area contributed by atoms with Crippen LogP contribution < -0.4 is 5.32 Å². The topological polar surface area (TPSA) is 45.2 Å². The minimum atomic E-state index is -0.627. The highest BCUT2D eigenvalue weighted by atomic mass is 19.1. The van der Waals surface area contributed by atoms with Gasteiger partial charge in [0.15, 0.2) is 0 Å². The van der Waals surface area contributed by atoms with Crippen LogP contribution in [-0.2, 0) is 0 Å². The number of likely N-dealkylation sites (N-methyl/N-ethyl adjacent to an activating group) is 1. The van der Waals surface area contributed by atoms with Gasteiger partial charge in [-0.2, -0.15) is 4.39 Å². The van der Waals surface area contributed by atoms with Gasteiger partial charge in [0.1, 0.15) is 0 Å². The number of pyridine rings is 1. The summed E-state index contributed by atoms with van der Waals surface area (Å²) in [5, 5.41) is 2.94. The van der Waals surface area contributed by atoms with Gasteiger partial charge < -0.3 is 10.2 Å². The molecule has 1 aromatic rings. The van der Waals surface area contributed by atoms with E-state index in [9.17, 15) is 9.18 Å². The fourth-order valence-electron chi connectivity index (χ4n) is 2.88. The Labute approximate surface area is 119 Å². The van der Waals surface area contributed by atoms with Crippen molar-refractivity contribution in [3.63, 3.8) is 0 Å². The molecule has 0 bridgehead atoms. The van der Waals surface area contributed by atoms with E-state index < -0.39 is 5.95 Å². The Morgan fingerprint density at radius 3 is 2.70 bits per heavy atom. The summed E-state index contributed by atoms with van der Waals surface area (Å²) in [5.74, 6) is -0.865. The van der Waals surface area contributed by atoms with Crippen molar-refractivity contribution in [2.75, 3.05) is 20.6 Å². The van der Waals surface area contributed by atoms with Crippen LogP contribution in [0.2, 0.25) is 0 Å². The quantitative estimate of drug-likeness (QED) is 0.860. The zero-order valence-electron chi connectivity index (χ0n) is 12.2. The fourth-order valence-corrected chi connectivity index (χ4v) is 2.88. The molecule has 0 unspecified atom stereocenters. The minimum Gasteiger partial charge on any atom is -0.350 e. The Morgan fingerprint density at radius 2 is 2.10 bits per heavy atom. The van der Waals surface area contributed by atoms with Crippen molar-refractivity contribution in [2.45, 2.75) is 37.6 Å². The first-order chi connectivity index (χ1) is 9.53. The lowest BCUT2D eigenvalue weighted by atomic mass is 9.80. The number of halogens is 1. The molecule has 1 amide bonds. The third kappa shape index (κ3) is 3.33. The van der Waals surface area contributed by atoms with Gasteiger partial charge in [0, 0.05) is 29.9 Å². The molecule has 1 N–H and O–H groups in total. The van der Waals surface area contributed by atoms with Crippen LogP contribution in [0.4, 0.5) is 4.39 Å². The summed E-state index contributed by atoms with van der Waals surface area (Å²) < 4.78 is 13.0. The van der Waals surface area contributed by atoms with Crippen molar-refractivity contribution < 1.29 is 9.18 Å². The average Bonchev–Trinajstić information content (AvgIpc) is 2.45. The first-order valence-electron chi connectivity index (χ1n) is 7.11. The number of hydrogen-bond donors (Lipinski definition) is 1. The van der Waals surface area contributed by atoms with E-state index in [1.165, 1.54) is 37.6 Å². The van der Waals surface area contributed by atoms with E-state index >= 15 is 0 Å². The molecule has 0 atom stereocenters. The summed E-state index contributed by atoms with van der Waals surface area (Å²) >= 11 is 0. The molecule has 0 spiro atoms. The molecule has 0 aliphatic heterocycles. The highest BCUT2D eigenvalue weighted by Crippen LogP contribution is 2.31. The van der Waals surface area contributed by atoms with Gasteiger partial charge in [-0.15, -0.1) is 0 Å². The summed E-state index contributed by atoms with van der Waals surface area (Å²) in [4.78, 5) is 17.7. The molecule has 20 heavy (non-hydrogen) atoms. The van der Waals surface area contributed by atoms with Gasteiger partial charge in [-0.1, -0.05) is 19.3 Å². The molecule has 0 radical (unpaired) electrons. The molecule has 0 saturated heterocycles. The standard InChI is InChI=1S/C15H22FN3O/c1-19(2)15(7-4-3-5-8-15)11-18-14(20)12-6-9-17-13(16)10-12/h6,9-10H,3-5,7-8,11H2,1-2H3,(H,18,20). The highest BCUT2D eigenvalue weighted by Gasteiger charge is 2.34. The van der Waals surface area contributed by atoms with Gasteiger partial charge in [0.05, 0.1) is 0 Å². The van der Waals surface area contributed by atoms with Crippen LogP contribution in [0.3, 0.4) is 0 Å². The van der Waals surface area contributed by atoms with E-state index in [1.807, 2.05) is 0 Å². The maximum Gasteiger partial charge on any atom is 0.251 e. The number of carbonyl (C=O) groups excluding carboxylic acids is 1. The van der Waals surface area contributed by atoms with Crippen LogP contribution in [0.1, 0.15) is 42.5 Å². The molecule has 5 heteroatoms. The monoisotopic (exact) mass is 279 g/mol. The predicted octanol–water partition coefficient (Wildman–Crippen LogP) is 2.21. The van der Waals surface area contributed by atoms with Crippen LogP contribution in [0.15, 0.2) is 18.3 Å². The Kier molecular flexibility index (Phi) is 4.70. The van der Waals surface area contributed by atoms with Crippen LogP contribution >= 0.6 is 0 Å². The zero-order chi connectivity index (χ0) is 14.6. The van der Waals surface area contributed by atoms with Crippen LogP contribution in [0, 0.1) is 5.95 Å². The normalized spacial score (nSPS) is 18.0. The zero-order valence-corrected chi connectivity index (χ0v) is 12.2. The van der Waals surface area contributed by atoms with Crippen molar-refractivity contribution in [2.24, 2.45) is 0 Å². The third-order valence-corrected chi connectivity index (χ3v) is 4.30. The number of amides is 1. The summed E-state index contributed by atoms with van der Waals surface area (Å²) in [7, 11) is 4.12. The maximum atomic E-state index is 13.0. The lowest BCUT2D eigenvalue weighted by Crippen LogP contribution is -2.53. The molecule has 1 aliphatic carbocycles. The van der Waals surface area contributed by atoms with Crippen molar-refractivity contribution in [3.05, 3.63) is 29.8 Å². The molecule has 1 aromatic heterocycles. The minimum absolute atomic E-state index is 0.0273. The largest absolute Gasteiger partial charge is 0.350 e. The van der Waals surface area contributed by atoms with E-state index in [2.05, 4.69) is 29.3 Å². The van der Waals surface area contributed by atoms with Crippen LogP contribution in [0.5, 0.6) is 0 Å². The van der Waals surface area contributed by atoms with Gasteiger partial charge in [-0.3, -0.25) is 4.79 Å². The molecule has 1 fully saturated rings. The summed E-state index contributed by atoms with van der Waals surface area (Å²) in [6.45, 7) is 0.600. The van der Waals surface area contributed by atoms with E-state index in [0.29, 0.717) is 12.1 Å². The smallest absolute Gasteiger partial charge is 0.251 e. The number of hydrogen-bond acceptors (Lipinski definition) is 3. The Bertz CT molecular complexity index is 470. The van der Waals surface area contributed by atoms with Gasteiger partial charge >= 0.3 is 0 Å². The second kappa shape index (κ2) is 6.31. The molecule has 1 heterocycles. The van der Waals surface area contributed by atoms with Gasteiger partial charge in [-0.05, 0) is 33.0 Å². The number of carbonyl (C=O) groups is 1. The molecule has 2 rings (SSSR count). The van der Waals surface area contributed by atoms with Crippen LogP contribution in [-0.4, -0.2) is 42.0 Å². The summed E-state index contributed by atoms with van der Waals surface area (Å²) in [6, 6.07) is 2.69.